The van der Waals surface area contributed by atoms with Crippen molar-refractivity contribution in [2.75, 3.05) is 0 Å². The first-order valence-electron chi connectivity index (χ1n) is 2.12. The summed E-state index contributed by atoms with van der Waals surface area (Å²) in [5, 5.41) is 3.54. The van der Waals surface area contributed by atoms with E-state index >= 15 is 0 Å². The van der Waals surface area contributed by atoms with Crippen LogP contribution in [0.3, 0.4) is 0 Å². The fraction of sp³-hybridized carbons (Fsp3) is 0. The smallest absolute Gasteiger partial charge is 0.249 e. The zero-order valence-electron chi connectivity index (χ0n) is 4.53. The van der Waals surface area contributed by atoms with Crippen LogP contribution in [-0.2, 0) is 0 Å². The summed E-state index contributed by atoms with van der Waals surface area (Å²) in [6.45, 7) is 0. The molecule has 9 heavy (non-hydrogen) atoms. The molecule has 0 saturated heterocycles. The summed E-state index contributed by atoms with van der Waals surface area (Å²) in [4.78, 5) is 10.3. The van der Waals surface area contributed by atoms with Gasteiger partial charge >= 0.3 is 0 Å². The molecule has 2 nitrogen and oxygen atoms in total. The molecule has 0 aliphatic carbocycles. The van der Waals surface area contributed by atoms with Gasteiger partial charge in [0.25, 0.3) is 0 Å². The number of thiophene rings is 1. The van der Waals surface area contributed by atoms with E-state index in [1.54, 1.807) is 11.4 Å². The van der Waals surface area contributed by atoms with Crippen LogP contribution in [0.15, 0.2) is 16.8 Å². The Morgan fingerprint density at radius 2 is 2.33 bits per heavy atom. The second-order valence-electron chi connectivity index (χ2n) is 1.38. The van der Waals surface area contributed by atoms with Crippen LogP contribution in [0.25, 0.3) is 0 Å². The van der Waals surface area contributed by atoms with E-state index in [-0.39, 0.29) is 18.3 Å². The molecule has 1 aromatic heterocycles. The highest BCUT2D eigenvalue weighted by atomic mass is 35.5. The second kappa shape index (κ2) is 3.48. The van der Waals surface area contributed by atoms with Gasteiger partial charge in [-0.15, -0.1) is 12.4 Å². The molecule has 1 aromatic rings. The van der Waals surface area contributed by atoms with Crippen molar-refractivity contribution in [2.45, 2.75) is 0 Å². The molecule has 1 heterocycles. The summed E-state index contributed by atoms with van der Waals surface area (Å²) in [7, 11) is 0. The SMILES string of the molecule is Cl.NC(=O)c1ccsc1. The average molecular weight is 164 g/mol. The maximum absolute atomic E-state index is 10.3. The lowest BCUT2D eigenvalue weighted by Crippen LogP contribution is -2.08. The van der Waals surface area contributed by atoms with E-state index in [1.165, 1.54) is 11.3 Å². The minimum Gasteiger partial charge on any atom is -0.366 e. The van der Waals surface area contributed by atoms with Crippen molar-refractivity contribution >= 4 is 29.7 Å². The van der Waals surface area contributed by atoms with E-state index in [0.29, 0.717) is 5.56 Å². The monoisotopic (exact) mass is 163 g/mol. The van der Waals surface area contributed by atoms with Crippen LogP contribution in [0.5, 0.6) is 0 Å². The molecule has 0 saturated carbocycles. The van der Waals surface area contributed by atoms with E-state index in [9.17, 15) is 4.79 Å². The second-order valence-corrected chi connectivity index (χ2v) is 2.16. The number of nitrogens with two attached hydrogens (primary N) is 1. The predicted molar refractivity (Wildman–Crippen MR) is 40.1 cm³/mol. The molecule has 0 aliphatic rings. The number of carbonyl (C=O) groups excluding carboxylic acids is 1. The number of primary amides is 1. The minimum atomic E-state index is -0.355. The number of rotatable bonds is 1. The van der Waals surface area contributed by atoms with Gasteiger partial charge in [0.05, 0.1) is 0 Å². The van der Waals surface area contributed by atoms with Gasteiger partial charge in [-0.05, 0) is 11.4 Å². The summed E-state index contributed by atoms with van der Waals surface area (Å²) >= 11 is 1.47. The number of amides is 1. The Labute approximate surface area is 63.1 Å². The summed E-state index contributed by atoms with van der Waals surface area (Å²) < 4.78 is 0. The number of hydrogen-bond acceptors (Lipinski definition) is 2. The predicted octanol–water partition coefficient (Wildman–Crippen LogP) is 1.27. The van der Waals surface area contributed by atoms with Crippen LogP contribution < -0.4 is 5.73 Å². The molecule has 0 radical (unpaired) electrons. The van der Waals surface area contributed by atoms with Gasteiger partial charge in [0.2, 0.25) is 5.91 Å². The first-order valence-corrected chi connectivity index (χ1v) is 3.07. The van der Waals surface area contributed by atoms with Crippen molar-refractivity contribution in [3.63, 3.8) is 0 Å². The van der Waals surface area contributed by atoms with Gasteiger partial charge in [0, 0.05) is 10.9 Å². The normalized spacial score (nSPS) is 8.00. The zero-order chi connectivity index (χ0) is 5.98. The topological polar surface area (TPSA) is 43.1 Å². The molecule has 4 heteroatoms. The fourth-order valence-corrected chi connectivity index (χ4v) is 1.05. The van der Waals surface area contributed by atoms with E-state index in [4.69, 9.17) is 5.73 Å². The molecule has 1 rings (SSSR count). The molecule has 0 aliphatic heterocycles. The molecule has 0 aromatic carbocycles. The third-order valence-electron chi connectivity index (χ3n) is 0.806. The van der Waals surface area contributed by atoms with E-state index in [0.717, 1.165) is 0 Å². The molecule has 0 bridgehead atoms. The van der Waals surface area contributed by atoms with Crippen molar-refractivity contribution in [3.8, 4) is 0 Å². The van der Waals surface area contributed by atoms with Gasteiger partial charge < -0.3 is 5.73 Å². The van der Waals surface area contributed by atoms with Gasteiger partial charge in [-0.1, -0.05) is 0 Å². The number of halogens is 1. The molecular formula is C5H6ClNOS. The average Bonchev–Trinajstić information content (AvgIpc) is 2.12. The molecule has 50 valence electrons. The largest absolute Gasteiger partial charge is 0.366 e. The Balaban J connectivity index is 0.000000640. The van der Waals surface area contributed by atoms with E-state index in [2.05, 4.69) is 0 Å². The van der Waals surface area contributed by atoms with Crippen LogP contribution in [0.1, 0.15) is 10.4 Å². The highest BCUT2D eigenvalue weighted by Gasteiger charge is 1.95. The standard InChI is InChI=1S/C5H5NOS.ClH/c6-5(7)4-1-2-8-3-4;/h1-3H,(H2,6,7);1H. The molecule has 0 atom stereocenters. The lowest BCUT2D eigenvalue weighted by molar-refractivity contribution is 0.100. The van der Waals surface area contributed by atoms with Crippen LogP contribution in [0.4, 0.5) is 0 Å². The molecule has 0 unspecified atom stereocenters. The minimum absolute atomic E-state index is 0. The molecule has 2 N–H and O–H groups in total. The van der Waals surface area contributed by atoms with Gasteiger partial charge in [-0.25, -0.2) is 0 Å². The third kappa shape index (κ3) is 2.03. The van der Waals surface area contributed by atoms with Gasteiger partial charge in [0.1, 0.15) is 0 Å². The molecular weight excluding hydrogens is 158 g/mol. The van der Waals surface area contributed by atoms with Gasteiger partial charge in [0.15, 0.2) is 0 Å². The quantitative estimate of drug-likeness (QED) is 0.666. The first-order chi connectivity index (χ1) is 3.80. The highest BCUT2D eigenvalue weighted by molar-refractivity contribution is 7.08. The Morgan fingerprint density at radius 1 is 1.67 bits per heavy atom. The van der Waals surface area contributed by atoms with Gasteiger partial charge in [-0.2, -0.15) is 11.3 Å². The molecule has 0 fully saturated rings. The summed E-state index contributed by atoms with van der Waals surface area (Å²) in [5.74, 6) is -0.355. The highest BCUT2D eigenvalue weighted by Crippen LogP contribution is 2.03. The Bertz CT molecular complexity index is 185. The maximum Gasteiger partial charge on any atom is 0.249 e. The lowest BCUT2D eigenvalue weighted by Gasteiger charge is -1.80. The Morgan fingerprint density at radius 3 is 2.56 bits per heavy atom. The summed E-state index contributed by atoms with van der Waals surface area (Å²) in [6, 6.07) is 1.70. The number of hydrogen-bond donors (Lipinski definition) is 1. The van der Waals surface area contributed by atoms with Gasteiger partial charge in [-0.3, -0.25) is 4.79 Å². The number of carbonyl (C=O) groups is 1. The first kappa shape index (κ1) is 8.46. The fourth-order valence-electron chi connectivity index (χ4n) is 0.405. The van der Waals surface area contributed by atoms with Crippen LogP contribution in [0, 0.1) is 0 Å². The van der Waals surface area contributed by atoms with Crippen LogP contribution in [-0.4, -0.2) is 5.91 Å². The zero-order valence-corrected chi connectivity index (χ0v) is 6.17. The van der Waals surface area contributed by atoms with E-state index in [1.807, 2.05) is 5.38 Å². The summed E-state index contributed by atoms with van der Waals surface area (Å²) in [6.07, 6.45) is 0. The van der Waals surface area contributed by atoms with Crippen molar-refractivity contribution in [3.05, 3.63) is 22.4 Å². The Kier molecular flexibility index (Phi) is 3.27. The lowest BCUT2D eigenvalue weighted by atomic mass is 10.3. The van der Waals surface area contributed by atoms with E-state index < -0.39 is 0 Å². The molecule has 1 amide bonds. The van der Waals surface area contributed by atoms with Crippen LogP contribution >= 0.6 is 23.7 Å². The van der Waals surface area contributed by atoms with Crippen molar-refractivity contribution in [1.82, 2.24) is 0 Å². The van der Waals surface area contributed by atoms with Crippen molar-refractivity contribution in [2.24, 2.45) is 5.73 Å². The van der Waals surface area contributed by atoms with Crippen LogP contribution in [0.2, 0.25) is 0 Å². The summed E-state index contributed by atoms with van der Waals surface area (Å²) in [5.41, 5.74) is 5.52. The maximum atomic E-state index is 10.3. The van der Waals surface area contributed by atoms with Crippen molar-refractivity contribution < 1.29 is 4.79 Å². The van der Waals surface area contributed by atoms with Crippen molar-refractivity contribution in [1.29, 1.82) is 0 Å². The Hall–Kier alpha value is -0.540. The molecule has 0 spiro atoms. The third-order valence-corrected chi connectivity index (χ3v) is 1.49.